The summed E-state index contributed by atoms with van der Waals surface area (Å²) in [5, 5.41) is 14.4. The van der Waals surface area contributed by atoms with Crippen LogP contribution >= 0.6 is 0 Å². The van der Waals surface area contributed by atoms with Crippen LogP contribution in [0.2, 0.25) is 0 Å². The molecule has 164 valence electrons. The first-order valence-corrected chi connectivity index (χ1v) is 11.6. The van der Waals surface area contributed by atoms with Gasteiger partial charge in [-0.3, -0.25) is 4.31 Å². The third-order valence-corrected chi connectivity index (χ3v) is 6.38. The van der Waals surface area contributed by atoms with Gasteiger partial charge < -0.3 is 5.11 Å². The minimum atomic E-state index is -3.61. The highest BCUT2D eigenvalue weighted by molar-refractivity contribution is 7.92. The Morgan fingerprint density at radius 2 is 1.75 bits per heavy atom. The van der Waals surface area contributed by atoms with E-state index in [9.17, 15) is 22.7 Å². The van der Waals surface area contributed by atoms with Crippen LogP contribution in [0.4, 0.5) is 10.1 Å². The molecule has 9 heteroatoms. The smallest absolute Gasteiger partial charge is 0.340 e. The lowest BCUT2D eigenvalue weighted by Gasteiger charge is -2.23. The Bertz CT molecular complexity index is 1420. The van der Waals surface area contributed by atoms with Gasteiger partial charge in [-0.25, -0.2) is 22.1 Å². The van der Waals surface area contributed by atoms with E-state index in [1.165, 1.54) is 39.3 Å². The first kappa shape index (κ1) is 21.5. The summed E-state index contributed by atoms with van der Waals surface area (Å²) in [6.45, 7) is 1.90. The van der Waals surface area contributed by atoms with Crippen molar-refractivity contribution in [1.29, 1.82) is 0 Å². The van der Waals surface area contributed by atoms with Crippen molar-refractivity contribution in [1.82, 2.24) is 9.61 Å². The second-order valence-corrected chi connectivity index (χ2v) is 9.14. The molecule has 0 bridgehead atoms. The lowest BCUT2D eigenvalue weighted by Crippen LogP contribution is -2.30. The van der Waals surface area contributed by atoms with Gasteiger partial charge in [0.15, 0.2) is 0 Å². The number of hydrogen-bond acceptors (Lipinski definition) is 4. The molecule has 0 fully saturated rings. The van der Waals surface area contributed by atoms with Gasteiger partial charge in [-0.1, -0.05) is 30.3 Å². The van der Waals surface area contributed by atoms with Crippen LogP contribution < -0.4 is 4.31 Å². The number of carboxylic acids is 1. The zero-order chi connectivity index (χ0) is 23.0. The molecule has 0 amide bonds. The second kappa shape index (κ2) is 8.08. The number of carboxylic acid groups (broad SMARTS) is 1. The fraction of sp³-hybridized carbons (Fsp3) is 0.130. The number of nitrogens with zero attached hydrogens (tertiary/aromatic N) is 3. The predicted molar refractivity (Wildman–Crippen MR) is 121 cm³/mol. The zero-order valence-corrected chi connectivity index (χ0v) is 18.2. The number of aromatic carboxylic acids is 1. The molecule has 4 rings (SSSR count). The number of sulfonamides is 1. The van der Waals surface area contributed by atoms with Gasteiger partial charge >= 0.3 is 5.97 Å². The van der Waals surface area contributed by atoms with Crippen LogP contribution in [0.25, 0.3) is 27.9 Å². The van der Waals surface area contributed by atoms with Gasteiger partial charge in [0.05, 0.1) is 23.7 Å². The van der Waals surface area contributed by atoms with Gasteiger partial charge in [-0.05, 0) is 42.8 Å². The number of pyridine rings is 1. The average molecular weight is 453 g/mol. The van der Waals surface area contributed by atoms with E-state index >= 15 is 0 Å². The predicted octanol–water partition coefficient (Wildman–Crippen LogP) is 4.29. The molecular weight excluding hydrogens is 433 g/mol. The van der Waals surface area contributed by atoms with E-state index in [0.717, 1.165) is 11.8 Å². The van der Waals surface area contributed by atoms with E-state index in [1.54, 1.807) is 13.0 Å². The van der Waals surface area contributed by atoms with E-state index in [4.69, 9.17) is 0 Å². The topological polar surface area (TPSA) is 92.0 Å². The standard InChI is InChI=1S/C23H20FN3O4S/c1-3-27(32(2,30)31)20-14-26-19(13-18(20)15-7-5-4-6-8-15)21(23(28)29)22(25-26)16-9-11-17(24)12-10-16/h4-14H,3H2,1-2H3,(H,28,29). The number of rotatable bonds is 6. The number of halogens is 1. The van der Waals surface area contributed by atoms with Crippen molar-refractivity contribution in [3.8, 4) is 22.4 Å². The molecule has 0 atom stereocenters. The summed E-state index contributed by atoms with van der Waals surface area (Å²) in [4.78, 5) is 12.2. The SMILES string of the molecule is CCN(c1cn2nc(-c3ccc(F)cc3)c(C(=O)O)c2cc1-c1ccccc1)S(C)(=O)=O. The summed E-state index contributed by atoms with van der Waals surface area (Å²) in [6.07, 6.45) is 2.63. The number of benzene rings is 2. The molecule has 7 nitrogen and oxygen atoms in total. The Morgan fingerprint density at radius 3 is 2.31 bits per heavy atom. The summed E-state index contributed by atoms with van der Waals surface area (Å²) in [6, 6.07) is 16.1. The summed E-state index contributed by atoms with van der Waals surface area (Å²) in [5.74, 6) is -1.64. The monoisotopic (exact) mass is 453 g/mol. The minimum absolute atomic E-state index is 0.0530. The van der Waals surface area contributed by atoms with Crippen LogP contribution in [0.15, 0.2) is 66.9 Å². The minimum Gasteiger partial charge on any atom is -0.478 e. The Morgan fingerprint density at radius 1 is 1.09 bits per heavy atom. The van der Waals surface area contributed by atoms with Crippen molar-refractivity contribution in [3.05, 3.63) is 78.2 Å². The summed E-state index contributed by atoms with van der Waals surface area (Å²) in [5.41, 5.74) is 2.50. The van der Waals surface area contributed by atoms with Crippen molar-refractivity contribution in [2.45, 2.75) is 6.92 Å². The van der Waals surface area contributed by atoms with Gasteiger partial charge in [0, 0.05) is 17.7 Å². The summed E-state index contributed by atoms with van der Waals surface area (Å²) >= 11 is 0. The van der Waals surface area contributed by atoms with Crippen molar-refractivity contribution < 1.29 is 22.7 Å². The fourth-order valence-electron chi connectivity index (χ4n) is 3.73. The Labute approximate surface area is 184 Å². The average Bonchev–Trinajstić information content (AvgIpc) is 3.12. The molecule has 1 N–H and O–H groups in total. The molecule has 0 spiro atoms. The van der Waals surface area contributed by atoms with Crippen LogP contribution in [0, 0.1) is 5.82 Å². The molecular formula is C23H20FN3O4S. The molecule has 0 unspecified atom stereocenters. The quantitative estimate of drug-likeness (QED) is 0.470. The van der Waals surface area contributed by atoms with Crippen LogP contribution in [-0.2, 0) is 10.0 Å². The number of anilines is 1. The number of hydrogen-bond donors (Lipinski definition) is 1. The summed E-state index contributed by atoms with van der Waals surface area (Å²) < 4.78 is 41.0. The van der Waals surface area contributed by atoms with Crippen LogP contribution in [0.1, 0.15) is 17.3 Å². The van der Waals surface area contributed by atoms with Crippen LogP contribution in [0.5, 0.6) is 0 Å². The first-order valence-electron chi connectivity index (χ1n) is 9.79. The Hall–Kier alpha value is -3.72. The Kier molecular flexibility index (Phi) is 5.43. The van der Waals surface area contributed by atoms with Crippen LogP contribution in [0.3, 0.4) is 0 Å². The molecule has 32 heavy (non-hydrogen) atoms. The van der Waals surface area contributed by atoms with Crippen molar-refractivity contribution in [2.75, 3.05) is 17.1 Å². The summed E-state index contributed by atoms with van der Waals surface area (Å²) in [7, 11) is -3.61. The largest absolute Gasteiger partial charge is 0.478 e. The normalized spacial score (nSPS) is 11.6. The van der Waals surface area contributed by atoms with Crippen molar-refractivity contribution in [2.24, 2.45) is 0 Å². The zero-order valence-electron chi connectivity index (χ0n) is 17.4. The third-order valence-electron chi connectivity index (χ3n) is 5.12. The maximum atomic E-state index is 13.4. The number of carbonyl (C=O) groups is 1. The highest BCUT2D eigenvalue weighted by atomic mass is 32.2. The van der Waals surface area contributed by atoms with Crippen LogP contribution in [-0.4, -0.2) is 41.9 Å². The number of fused-ring (bicyclic) bond motifs is 1. The Balaban J connectivity index is 2.08. The lowest BCUT2D eigenvalue weighted by atomic mass is 10.0. The van der Waals surface area contributed by atoms with Gasteiger partial charge in [0.1, 0.15) is 17.1 Å². The van der Waals surface area contributed by atoms with E-state index in [0.29, 0.717) is 22.3 Å². The van der Waals surface area contributed by atoms with Crippen molar-refractivity contribution in [3.63, 3.8) is 0 Å². The van der Waals surface area contributed by atoms with Gasteiger partial charge in [0.2, 0.25) is 10.0 Å². The lowest BCUT2D eigenvalue weighted by molar-refractivity contribution is 0.0700. The molecule has 0 radical (unpaired) electrons. The number of aromatic nitrogens is 2. The molecule has 2 aromatic carbocycles. The van der Waals surface area contributed by atoms with E-state index in [2.05, 4.69) is 5.10 Å². The maximum absolute atomic E-state index is 13.4. The van der Waals surface area contributed by atoms with Gasteiger partial charge in [-0.2, -0.15) is 5.10 Å². The molecule has 2 heterocycles. The molecule has 0 aliphatic carbocycles. The van der Waals surface area contributed by atoms with E-state index in [1.807, 2.05) is 30.3 Å². The highest BCUT2D eigenvalue weighted by Crippen LogP contribution is 2.36. The van der Waals surface area contributed by atoms with Gasteiger partial charge in [0.25, 0.3) is 0 Å². The van der Waals surface area contributed by atoms with E-state index < -0.39 is 21.8 Å². The maximum Gasteiger partial charge on any atom is 0.340 e. The molecule has 0 aliphatic rings. The molecule has 0 saturated carbocycles. The molecule has 0 aliphatic heterocycles. The second-order valence-electron chi connectivity index (χ2n) is 7.23. The van der Waals surface area contributed by atoms with Crippen molar-refractivity contribution >= 4 is 27.2 Å². The third kappa shape index (κ3) is 3.82. The molecule has 4 aromatic rings. The van der Waals surface area contributed by atoms with Gasteiger partial charge in [-0.15, -0.1) is 0 Å². The van der Waals surface area contributed by atoms with E-state index in [-0.39, 0.29) is 17.8 Å². The molecule has 0 saturated heterocycles. The highest BCUT2D eigenvalue weighted by Gasteiger charge is 2.25. The fourth-order valence-corrected chi connectivity index (χ4v) is 4.70. The molecule has 2 aromatic heterocycles. The first-order chi connectivity index (χ1) is 15.2.